The summed E-state index contributed by atoms with van der Waals surface area (Å²) in [6.07, 6.45) is 5.22. The molecule has 0 bridgehead atoms. The third kappa shape index (κ3) is 5.34. The molecule has 0 fully saturated rings. The first-order valence-corrected chi connectivity index (χ1v) is 12.8. The predicted molar refractivity (Wildman–Crippen MR) is 139 cm³/mol. The van der Waals surface area contributed by atoms with E-state index in [1.165, 1.54) is 10.4 Å². The molecule has 1 aliphatic rings. The van der Waals surface area contributed by atoms with Crippen LogP contribution in [0.4, 0.5) is 5.00 Å². The highest BCUT2D eigenvalue weighted by Crippen LogP contribution is 2.45. The Morgan fingerprint density at radius 1 is 1.28 bits per heavy atom. The molecule has 1 heterocycles. The summed E-state index contributed by atoms with van der Waals surface area (Å²) < 4.78 is 8.07. The number of rotatable bonds is 4. The maximum absolute atomic E-state index is 9.76. The van der Waals surface area contributed by atoms with Gasteiger partial charge in [-0.1, -0.05) is 20.8 Å². The van der Waals surface area contributed by atoms with Gasteiger partial charge in [0.2, 0.25) is 0 Å². The number of hydrogen-bond acceptors (Lipinski definition) is 4. The van der Waals surface area contributed by atoms with Crippen molar-refractivity contribution in [1.29, 1.82) is 5.26 Å². The molecule has 1 aromatic heterocycles. The van der Waals surface area contributed by atoms with E-state index in [9.17, 15) is 5.26 Å². The summed E-state index contributed by atoms with van der Waals surface area (Å²) in [7, 11) is 0. The largest absolute Gasteiger partial charge is 0.489 e. The van der Waals surface area contributed by atoms with Crippen LogP contribution in [0, 0.1) is 29.8 Å². The zero-order valence-electron chi connectivity index (χ0n) is 17.5. The topological polar surface area (TPSA) is 45.4 Å². The minimum atomic E-state index is 0.143. The van der Waals surface area contributed by atoms with Crippen molar-refractivity contribution in [2.45, 2.75) is 60.0 Å². The number of fused-ring (bicyclic) bond motifs is 1. The summed E-state index contributed by atoms with van der Waals surface area (Å²) in [4.78, 5) is 6.09. The van der Waals surface area contributed by atoms with Crippen molar-refractivity contribution >= 4 is 67.7 Å². The van der Waals surface area contributed by atoms with Crippen LogP contribution < -0.4 is 4.74 Å². The molecule has 1 aromatic carbocycles. The lowest BCUT2D eigenvalue weighted by atomic mass is 9.72. The summed E-state index contributed by atoms with van der Waals surface area (Å²) in [5, 5.41) is 10.6. The SMILES string of the molecule is CC(C)Oc1c(I)cc(C=Nc2sc3c(c2C#N)CC[C@H](C(C)(C)C)C3)cc1I. The average molecular weight is 632 g/mol. The molecule has 3 rings (SSSR count). The van der Waals surface area contributed by atoms with Crippen LogP contribution in [0.15, 0.2) is 17.1 Å². The van der Waals surface area contributed by atoms with Gasteiger partial charge in [0.25, 0.3) is 0 Å². The molecule has 0 amide bonds. The van der Waals surface area contributed by atoms with Crippen LogP contribution in [0.3, 0.4) is 0 Å². The lowest BCUT2D eigenvalue weighted by Crippen LogP contribution is -2.26. The van der Waals surface area contributed by atoms with Crippen LogP contribution in [0.2, 0.25) is 0 Å². The van der Waals surface area contributed by atoms with Gasteiger partial charge in [0.1, 0.15) is 16.8 Å². The van der Waals surface area contributed by atoms with Crippen LogP contribution in [-0.2, 0) is 12.8 Å². The van der Waals surface area contributed by atoms with E-state index < -0.39 is 0 Å². The van der Waals surface area contributed by atoms with E-state index in [4.69, 9.17) is 9.73 Å². The Bertz CT molecular complexity index is 957. The number of aliphatic imine (C=N–C) groups is 1. The van der Waals surface area contributed by atoms with Crippen LogP contribution in [0.1, 0.15) is 62.6 Å². The molecule has 0 spiro atoms. The highest BCUT2D eigenvalue weighted by Gasteiger charge is 2.32. The first-order chi connectivity index (χ1) is 13.6. The van der Waals surface area contributed by atoms with Crippen molar-refractivity contribution in [2.75, 3.05) is 0 Å². The number of thiophene rings is 1. The molecule has 1 atom stereocenters. The van der Waals surface area contributed by atoms with Crippen molar-refractivity contribution in [3.63, 3.8) is 0 Å². The van der Waals surface area contributed by atoms with Crippen LogP contribution in [-0.4, -0.2) is 12.3 Å². The van der Waals surface area contributed by atoms with Gasteiger partial charge in [0.15, 0.2) is 0 Å². The highest BCUT2D eigenvalue weighted by molar-refractivity contribution is 14.1. The Kier molecular flexibility index (Phi) is 7.32. The number of hydrogen-bond donors (Lipinski definition) is 0. The lowest BCUT2D eigenvalue weighted by Gasteiger charge is -2.33. The first-order valence-electron chi connectivity index (χ1n) is 9.84. The molecule has 3 nitrogen and oxygen atoms in total. The van der Waals surface area contributed by atoms with E-state index in [2.05, 4.69) is 84.2 Å². The Hall–Kier alpha value is -0.660. The minimum Gasteiger partial charge on any atom is -0.489 e. The van der Waals surface area contributed by atoms with Gasteiger partial charge in [0, 0.05) is 11.1 Å². The second-order valence-corrected chi connectivity index (χ2v) is 12.2. The Morgan fingerprint density at radius 2 is 1.93 bits per heavy atom. The summed E-state index contributed by atoms with van der Waals surface area (Å²) in [5.41, 5.74) is 3.33. The van der Waals surface area contributed by atoms with E-state index in [1.807, 2.05) is 20.1 Å². The van der Waals surface area contributed by atoms with Gasteiger partial charge in [0.05, 0.1) is 18.8 Å². The van der Waals surface area contributed by atoms with Crippen LogP contribution >= 0.6 is 56.5 Å². The normalized spacial score (nSPS) is 16.9. The Labute approximate surface area is 205 Å². The summed E-state index contributed by atoms with van der Waals surface area (Å²) in [6, 6.07) is 6.59. The van der Waals surface area contributed by atoms with E-state index >= 15 is 0 Å². The molecule has 0 saturated heterocycles. The summed E-state index contributed by atoms with van der Waals surface area (Å²) in [6.45, 7) is 11.0. The molecule has 0 unspecified atom stereocenters. The number of benzene rings is 1. The second-order valence-electron chi connectivity index (χ2n) is 8.84. The van der Waals surface area contributed by atoms with Crippen molar-refractivity contribution < 1.29 is 4.74 Å². The fourth-order valence-corrected chi connectivity index (χ4v) is 6.94. The monoisotopic (exact) mass is 632 g/mol. The molecule has 0 saturated carbocycles. The number of nitriles is 1. The maximum atomic E-state index is 9.76. The van der Waals surface area contributed by atoms with Crippen molar-refractivity contribution in [2.24, 2.45) is 16.3 Å². The highest BCUT2D eigenvalue weighted by atomic mass is 127. The number of nitrogens with zero attached hydrogens (tertiary/aromatic N) is 2. The molecule has 1 aliphatic carbocycles. The molecular weight excluding hydrogens is 606 g/mol. The fraction of sp³-hybridized carbons (Fsp3) is 0.478. The Morgan fingerprint density at radius 3 is 2.48 bits per heavy atom. The van der Waals surface area contributed by atoms with E-state index in [0.717, 1.165) is 48.3 Å². The zero-order valence-corrected chi connectivity index (χ0v) is 22.6. The maximum Gasteiger partial charge on any atom is 0.146 e. The van der Waals surface area contributed by atoms with Crippen molar-refractivity contribution in [3.8, 4) is 11.8 Å². The van der Waals surface area contributed by atoms with E-state index in [1.54, 1.807) is 11.3 Å². The first kappa shape index (κ1) is 23.0. The van der Waals surface area contributed by atoms with Gasteiger partial charge in [-0.2, -0.15) is 5.26 Å². The average Bonchev–Trinajstić information content (AvgIpc) is 2.98. The minimum absolute atomic E-state index is 0.143. The van der Waals surface area contributed by atoms with Crippen molar-refractivity contribution in [1.82, 2.24) is 0 Å². The molecule has 0 radical (unpaired) electrons. The molecular formula is C23H26I2N2OS. The molecule has 29 heavy (non-hydrogen) atoms. The predicted octanol–water partition coefficient (Wildman–Crippen LogP) is 7.52. The lowest BCUT2D eigenvalue weighted by molar-refractivity contribution is 0.218. The quantitative estimate of drug-likeness (QED) is 0.259. The van der Waals surface area contributed by atoms with Crippen molar-refractivity contribution in [3.05, 3.63) is 40.8 Å². The standard InChI is InChI=1S/C23H26I2N2OS/c1-13(2)28-21-18(24)8-14(9-19(21)25)12-27-22-17(11-26)16-7-6-15(23(3,4)5)10-20(16)29-22/h8-9,12-13,15H,6-7,10H2,1-5H3/t15-/m0/s1. The molecule has 0 aliphatic heterocycles. The van der Waals surface area contributed by atoms with E-state index in [-0.39, 0.29) is 6.10 Å². The van der Waals surface area contributed by atoms with Gasteiger partial charge in [-0.25, -0.2) is 4.99 Å². The van der Waals surface area contributed by atoms with Gasteiger partial charge in [-0.15, -0.1) is 11.3 Å². The van der Waals surface area contributed by atoms with Gasteiger partial charge in [-0.3, -0.25) is 0 Å². The molecule has 154 valence electrons. The third-order valence-electron chi connectivity index (χ3n) is 5.29. The summed E-state index contributed by atoms with van der Waals surface area (Å²) >= 11 is 6.32. The van der Waals surface area contributed by atoms with E-state index in [0.29, 0.717) is 11.3 Å². The third-order valence-corrected chi connectivity index (χ3v) is 8.05. The summed E-state index contributed by atoms with van der Waals surface area (Å²) in [5.74, 6) is 1.59. The van der Waals surface area contributed by atoms with Gasteiger partial charge >= 0.3 is 0 Å². The smallest absolute Gasteiger partial charge is 0.146 e. The second kappa shape index (κ2) is 9.23. The molecule has 6 heteroatoms. The zero-order chi connectivity index (χ0) is 21.3. The van der Waals surface area contributed by atoms with Crippen LogP contribution in [0.5, 0.6) is 5.75 Å². The molecule has 2 aromatic rings. The van der Waals surface area contributed by atoms with Crippen LogP contribution in [0.25, 0.3) is 0 Å². The number of ether oxygens (including phenoxy) is 1. The number of halogens is 2. The van der Waals surface area contributed by atoms with Gasteiger partial charge < -0.3 is 4.74 Å². The van der Waals surface area contributed by atoms with Gasteiger partial charge in [-0.05, 0) is 113 Å². The fourth-order valence-electron chi connectivity index (χ4n) is 3.65. The Balaban J connectivity index is 1.89. The molecule has 0 N–H and O–H groups in total.